The Morgan fingerprint density at radius 1 is 1.26 bits per heavy atom. The van der Waals surface area contributed by atoms with Crippen LogP contribution in [0.5, 0.6) is 0 Å². The summed E-state index contributed by atoms with van der Waals surface area (Å²) in [6, 6.07) is 4.39. The Balaban J connectivity index is 2.29. The smallest absolute Gasteiger partial charge is 0.120 e. The molecule has 1 aromatic rings. The first-order chi connectivity index (χ1) is 10.6. The van der Waals surface area contributed by atoms with Crippen molar-refractivity contribution in [1.82, 2.24) is 0 Å². The van der Waals surface area contributed by atoms with Crippen LogP contribution in [0, 0.1) is 25.2 Å². The maximum Gasteiger partial charge on any atom is 0.120 e. The summed E-state index contributed by atoms with van der Waals surface area (Å²) in [5.74, 6) is 0.455. The Bertz CT molecular complexity index is 689. The topological polar surface area (TPSA) is 17.1 Å². The Hall–Kier alpha value is -1.07. The summed E-state index contributed by atoms with van der Waals surface area (Å²) >= 11 is 0. The van der Waals surface area contributed by atoms with E-state index in [1.54, 1.807) is 0 Å². The molecule has 0 N–H and O–H groups in total. The molecule has 0 saturated carbocycles. The Kier molecular flexibility index (Phi) is 5.12. The quantitative estimate of drug-likeness (QED) is 0.417. The first kappa shape index (κ1) is 18.3. The van der Waals surface area contributed by atoms with E-state index in [1.807, 2.05) is 6.08 Å². The van der Waals surface area contributed by atoms with Crippen molar-refractivity contribution < 1.29 is 4.57 Å². The van der Waals surface area contributed by atoms with Gasteiger partial charge in [-0.1, -0.05) is 51.5 Å². The van der Waals surface area contributed by atoms with Crippen molar-refractivity contribution >= 4 is 18.5 Å². The summed E-state index contributed by atoms with van der Waals surface area (Å²) < 4.78 is 13.8. The summed E-state index contributed by atoms with van der Waals surface area (Å²) in [5.41, 5.74) is 5.30. The van der Waals surface area contributed by atoms with Gasteiger partial charge in [0.05, 0.1) is 0 Å². The molecule has 0 heterocycles. The first-order valence-electron chi connectivity index (χ1n) is 8.58. The molecule has 0 radical (unpaired) electrons. The SMILES string of the molecule is C=CCP(=O)(CC(C)CC(C)(C)C)C1=Cc2cc(C)cc(C)c21. The number of hydrogen-bond donors (Lipinski definition) is 0. The van der Waals surface area contributed by atoms with Gasteiger partial charge in [0, 0.05) is 17.6 Å². The maximum absolute atomic E-state index is 13.8. The average Bonchev–Trinajstić information content (AvgIpc) is 2.29. The second-order valence-corrected chi connectivity index (χ2v) is 11.5. The molecule has 1 aromatic carbocycles. The van der Waals surface area contributed by atoms with Gasteiger partial charge >= 0.3 is 0 Å². The molecule has 0 aliphatic heterocycles. The highest BCUT2D eigenvalue weighted by atomic mass is 31.2. The molecule has 0 saturated heterocycles. The van der Waals surface area contributed by atoms with E-state index in [0.717, 1.165) is 17.9 Å². The highest BCUT2D eigenvalue weighted by Crippen LogP contribution is 2.65. The fourth-order valence-electron chi connectivity index (χ4n) is 4.02. The minimum absolute atomic E-state index is 0.275. The Morgan fingerprint density at radius 3 is 2.43 bits per heavy atom. The van der Waals surface area contributed by atoms with Crippen molar-refractivity contribution in [3.63, 3.8) is 0 Å². The zero-order chi connectivity index (χ0) is 17.4. The van der Waals surface area contributed by atoms with Gasteiger partial charge in [0.25, 0.3) is 0 Å². The fourth-order valence-corrected chi connectivity index (χ4v) is 7.20. The van der Waals surface area contributed by atoms with Gasteiger partial charge in [0.2, 0.25) is 0 Å². The second-order valence-electron chi connectivity index (χ2n) is 8.49. The zero-order valence-electron chi connectivity index (χ0n) is 15.6. The Labute approximate surface area is 142 Å². The van der Waals surface area contributed by atoms with Gasteiger partial charge in [0.1, 0.15) is 7.14 Å². The molecule has 0 amide bonds. The van der Waals surface area contributed by atoms with Crippen LogP contribution in [0.2, 0.25) is 0 Å². The predicted molar refractivity (Wildman–Crippen MR) is 105 cm³/mol. The van der Waals surface area contributed by atoms with Crippen molar-refractivity contribution in [1.29, 1.82) is 0 Å². The van der Waals surface area contributed by atoms with Crippen molar-refractivity contribution in [3.8, 4) is 0 Å². The molecule has 1 aliphatic rings. The van der Waals surface area contributed by atoms with Crippen molar-refractivity contribution in [3.05, 3.63) is 47.0 Å². The van der Waals surface area contributed by atoms with Crippen molar-refractivity contribution in [2.75, 3.05) is 12.3 Å². The molecule has 0 aromatic heterocycles. The minimum atomic E-state index is -2.40. The third kappa shape index (κ3) is 4.07. The molecule has 126 valence electrons. The predicted octanol–water partition coefficient (Wildman–Crippen LogP) is 6.74. The van der Waals surface area contributed by atoms with E-state index < -0.39 is 7.14 Å². The van der Waals surface area contributed by atoms with Gasteiger partial charge in [-0.05, 0) is 54.4 Å². The molecule has 2 rings (SSSR count). The third-order valence-electron chi connectivity index (χ3n) is 4.49. The lowest BCUT2D eigenvalue weighted by atomic mass is 9.86. The van der Waals surface area contributed by atoms with Crippen LogP contribution in [0.1, 0.15) is 56.4 Å². The molecular weight excluding hydrogens is 299 g/mol. The van der Waals surface area contributed by atoms with Gasteiger partial charge in [0.15, 0.2) is 0 Å². The average molecular weight is 330 g/mol. The van der Waals surface area contributed by atoms with E-state index in [4.69, 9.17) is 0 Å². The van der Waals surface area contributed by atoms with E-state index in [9.17, 15) is 4.57 Å². The number of hydrogen-bond acceptors (Lipinski definition) is 1. The summed E-state index contributed by atoms with van der Waals surface area (Å²) in [7, 11) is -2.40. The van der Waals surface area contributed by atoms with Crippen LogP contribution >= 0.6 is 7.14 Å². The highest BCUT2D eigenvalue weighted by molar-refractivity contribution is 7.75. The number of fused-ring (bicyclic) bond motifs is 1. The fraction of sp³-hybridized carbons (Fsp3) is 0.524. The molecule has 0 fully saturated rings. The monoisotopic (exact) mass is 330 g/mol. The van der Waals surface area contributed by atoms with Crippen LogP contribution < -0.4 is 0 Å². The van der Waals surface area contributed by atoms with E-state index in [1.165, 1.54) is 22.3 Å². The molecule has 0 spiro atoms. The molecule has 2 heteroatoms. The van der Waals surface area contributed by atoms with Crippen LogP contribution in [0.3, 0.4) is 0 Å². The summed E-state index contributed by atoms with van der Waals surface area (Å²) in [6.07, 6.45) is 6.49. The van der Waals surface area contributed by atoms with Gasteiger partial charge in [-0.25, -0.2) is 0 Å². The van der Waals surface area contributed by atoms with E-state index >= 15 is 0 Å². The lowest BCUT2D eigenvalue weighted by Crippen LogP contribution is -2.16. The standard InChI is InChI=1S/C21H31OP/c1-8-9-23(22,14-16(3)13-21(5,6)7)19-12-18-11-15(2)10-17(4)20(18)19/h8,10-12,16H,1,9,13-14H2,2-7H3. The summed E-state index contributed by atoms with van der Waals surface area (Å²) in [4.78, 5) is 0. The van der Waals surface area contributed by atoms with E-state index in [-0.39, 0.29) is 5.41 Å². The molecule has 0 bridgehead atoms. The van der Waals surface area contributed by atoms with Crippen molar-refractivity contribution in [2.24, 2.45) is 11.3 Å². The van der Waals surface area contributed by atoms with Crippen LogP contribution in [0.4, 0.5) is 0 Å². The van der Waals surface area contributed by atoms with Crippen LogP contribution in [0.25, 0.3) is 11.4 Å². The maximum atomic E-state index is 13.8. The third-order valence-corrected chi connectivity index (χ3v) is 7.78. The lowest BCUT2D eigenvalue weighted by molar-refractivity contribution is 0.321. The van der Waals surface area contributed by atoms with Crippen LogP contribution in [-0.2, 0) is 4.57 Å². The molecule has 2 unspecified atom stereocenters. The van der Waals surface area contributed by atoms with E-state index in [0.29, 0.717) is 12.1 Å². The summed E-state index contributed by atoms with van der Waals surface area (Å²) in [6.45, 7) is 17.1. The number of rotatable bonds is 6. The van der Waals surface area contributed by atoms with Crippen molar-refractivity contribution in [2.45, 2.75) is 48.0 Å². The van der Waals surface area contributed by atoms with Crippen LogP contribution in [0.15, 0.2) is 24.8 Å². The molecular formula is C21H31OP. The van der Waals surface area contributed by atoms with Gasteiger partial charge in [-0.3, -0.25) is 0 Å². The van der Waals surface area contributed by atoms with Crippen LogP contribution in [-0.4, -0.2) is 12.3 Å². The molecule has 23 heavy (non-hydrogen) atoms. The van der Waals surface area contributed by atoms with E-state index in [2.05, 4.69) is 66.3 Å². The molecule has 2 atom stereocenters. The lowest BCUT2D eigenvalue weighted by Gasteiger charge is -2.33. The number of benzene rings is 1. The molecule has 1 aliphatic carbocycles. The largest absolute Gasteiger partial charge is 0.318 e. The molecule has 1 nitrogen and oxygen atoms in total. The second kappa shape index (κ2) is 6.44. The van der Waals surface area contributed by atoms with Gasteiger partial charge < -0.3 is 4.57 Å². The van der Waals surface area contributed by atoms with Gasteiger partial charge in [-0.2, -0.15) is 0 Å². The number of aryl methyl sites for hydroxylation is 2. The number of allylic oxidation sites excluding steroid dienone is 1. The minimum Gasteiger partial charge on any atom is -0.318 e. The zero-order valence-corrected chi connectivity index (χ0v) is 16.5. The normalized spacial score (nSPS) is 17.6. The Morgan fingerprint density at radius 2 is 1.91 bits per heavy atom. The first-order valence-corrected chi connectivity index (χ1v) is 10.7. The highest BCUT2D eigenvalue weighted by Gasteiger charge is 2.35. The summed E-state index contributed by atoms with van der Waals surface area (Å²) in [5, 5.41) is 1.10. The van der Waals surface area contributed by atoms with Gasteiger partial charge in [-0.15, -0.1) is 6.58 Å².